The number of amides is 3. The number of likely N-dealkylation sites (tertiary alicyclic amines) is 1. The molecule has 0 aliphatic carbocycles. The second kappa shape index (κ2) is 8.36. The first-order chi connectivity index (χ1) is 10.6. The van der Waals surface area contributed by atoms with E-state index >= 15 is 0 Å². The molecule has 0 bridgehead atoms. The summed E-state index contributed by atoms with van der Waals surface area (Å²) in [5.41, 5.74) is 0. The number of hydrogen-bond donors (Lipinski definition) is 1. The monoisotopic (exact) mass is 311 g/mol. The molecule has 1 N–H and O–H groups in total. The summed E-state index contributed by atoms with van der Waals surface area (Å²) in [7, 11) is 0. The molecule has 126 valence electrons. The molecule has 2 unspecified atom stereocenters. The third-order valence-corrected chi connectivity index (χ3v) is 4.26. The number of carbonyl (C=O) groups excluding carboxylic acids is 2. The third-order valence-electron chi connectivity index (χ3n) is 4.26. The van der Waals surface area contributed by atoms with E-state index in [1.165, 1.54) is 0 Å². The first-order valence-electron chi connectivity index (χ1n) is 8.52. The number of nitrogens with zero attached hydrogens (tertiary/aromatic N) is 2. The van der Waals surface area contributed by atoms with E-state index in [1.807, 2.05) is 23.6 Å². The minimum atomic E-state index is -0.0239. The Labute approximate surface area is 133 Å². The molecule has 2 fully saturated rings. The second-order valence-electron chi connectivity index (χ2n) is 6.44. The molecule has 2 saturated heterocycles. The predicted molar refractivity (Wildman–Crippen MR) is 84.6 cm³/mol. The van der Waals surface area contributed by atoms with Crippen molar-refractivity contribution in [1.29, 1.82) is 0 Å². The summed E-state index contributed by atoms with van der Waals surface area (Å²) in [6, 6.07) is -0.0239. The van der Waals surface area contributed by atoms with E-state index < -0.39 is 0 Å². The highest BCUT2D eigenvalue weighted by atomic mass is 16.5. The van der Waals surface area contributed by atoms with Gasteiger partial charge < -0.3 is 19.9 Å². The fourth-order valence-corrected chi connectivity index (χ4v) is 3.20. The van der Waals surface area contributed by atoms with E-state index in [9.17, 15) is 9.59 Å². The topological polar surface area (TPSA) is 61.9 Å². The van der Waals surface area contributed by atoms with Crippen molar-refractivity contribution in [1.82, 2.24) is 15.1 Å². The normalized spacial score (nSPS) is 26.7. The highest BCUT2D eigenvalue weighted by Gasteiger charge is 2.25. The quantitative estimate of drug-likeness (QED) is 0.802. The molecule has 6 nitrogen and oxygen atoms in total. The molecule has 2 aliphatic rings. The van der Waals surface area contributed by atoms with Crippen LogP contribution in [0.15, 0.2) is 0 Å². The Morgan fingerprint density at radius 3 is 2.68 bits per heavy atom. The lowest BCUT2D eigenvalue weighted by atomic mass is 10.2. The van der Waals surface area contributed by atoms with Crippen LogP contribution in [0.1, 0.15) is 46.0 Å². The summed E-state index contributed by atoms with van der Waals surface area (Å²) in [5.74, 6) is 0.264. The number of nitrogens with one attached hydrogen (secondary N) is 1. The minimum absolute atomic E-state index is 0.0239. The summed E-state index contributed by atoms with van der Waals surface area (Å²) < 4.78 is 5.63. The average molecular weight is 311 g/mol. The standard InChI is InChI=1S/C16H29N3O3/c1-13-11-19(12-14(2)22-13)16(21)17-8-6-10-18-9-5-3-4-7-15(18)20/h13-14H,3-12H2,1-2H3,(H,17,21). The van der Waals surface area contributed by atoms with Gasteiger partial charge in [0.1, 0.15) is 0 Å². The molecule has 22 heavy (non-hydrogen) atoms. The van der Waals surface area contributed by atoms with E-state index in [0.29, 0.717) is 26.1 Å². The van der Waals surface area contributed by atoms with E-state index in [0.717, 1.165) is 38.8 Å². The number of hydrogen-bond acceptors (Lipinski definition) is 3. The molecule has 2 heterocycles. The van der Waals surface area contributed by atoms with E-state index in [-0.39, 0.29) is 24.1 Å². The van der Waals surface area contributed by atoms with Crippen LogP contribution in [-0.4, -0.2) is 66.7 Å². The van der Waals surface area contributed by atoms with Crippen molar-refractivity contribution < 1.29 is 14.3 Å². The lowest BCUT2D eigenvalue weighted by molar-refractivity contribution is -0.130. The van der Waals surface area contributed by atoms with Gasteiger partial charge in [-0.25, -0.2) is 4.79 Å². The van der Waals surface area contributed by atoms with Gasteiger partial charge >= 0.3 is 6.03 Å². The zero-order valence-electron chi connectivity index (χ0n) is 13.8. The van der Waals surface area contributed by atoms with Crippen molar-refractivity contribution in [2.75, 3.05) is 32.7 Å². The summed E-state index contributed by atoms with van der Waals surface area (Å²) >= 11 is 0. The van der Waals surface area contributed by atoms with Crippen LogP contribution in [0.25, 0.3) is 0 Å². The Bertz CT molecular complexity index is 379. The maximum absolute atomic E-state index is 12.1. The van der Waals surface area contributed by atoms with Crippen molar-refractivity contribution in [3.05, 3.63) is 0 Å². The largest absolute Gasteiger partial charge is 0.372 e. The Balaban J connectivity index is 1.65. The molecule has 0 saturated carbocycles. The smallest absolute Gasteiger partial charge is 0.317 e. The molecule has 0 aromatic rings. The lowest BCUT2D eigenvalue weighted by Gasteiger charge is -2.35. The van der Waals surface area contributed by atoms with Crippen molar-refractivity contribution >= 4 is 11.9 Å². The van der Waals surface area contributed by atoms with Gasteiger partial charge in [0.05, 0.1) is 12.2 Å². The van der Waals surface area contributed by atoms with Gasteiger partial charge in [0.2, 0.25) is 5.91 Å². The third kappa shape index (κ3) is 5.16. The fraction of sp³-hybridized carbons (Fsp3) is 0.875. The maximum Gasteiger partial charge on any atom is 0.317 e. The van der Waals surface area contributed by atoms with Gasteiger partial charge in [-0.3, -0.25) is 4.79 Å². The highest BCUT2D eigenvalue weighted by molar-refractivity contribution is 5.76. The van der Waals surface area contributed by atoms with Crippen molar-refractivity contribution in [3.63, 3.8) is 0 Å². The lowest BCUT2D eigenvalue weighted by Crippen LogP contribution is -2.51. The first-order valence-corrected chi connectivity index (χ1v) is 8.52. The Morgan fingerprint density at radius 2 is 1.95 bits per heavy atom. The van der Waals surface area contributed by atoms with Crippen LogP contribution >= 0.6 is 0 Å². The minimum Gasteiger partial charge on any atom is -0.372 e. The molecule has 2 atom stereocenters. The van der Waals surface area contributed by atoms with Crippen molar-refractivity contribution in [2.24, 2.45) is 0 Å². The molecule has 6 heteroatoms. The molecule has 0 spiro atoms. The van der Waals surface area contributed by atoms with E-state index in [1.54, 1.807) is 0 Å². The molecule has 2 aliphatic heterocycles. The number of ether oxygens (including phenoxy) is 1. The number of rotatable bonds is 4. The zero-order chi connectivity index (χ0) is 15.9. The Kier molecular flexibility index (Phi) is 6.49. The van der Waals surface area contributed by atoms with E-state index in [4.69, 9.17) is 4.74 Å². The first kappa shape index (κ1) is 17.1. The van der Waals surface area contributed by atoms with Gasteiger partial charge in [0, 0.05) is 39.1 Å². The van der Waals surface area contributed by atoms with Gasteiger partial charge in [0.25, 0.3) is 0 Å². The van der Waals surface area contributed by atoms with Crippen molar-refractivity contribution in [3.8, 4) is 0 Å². The molecule has 0 radical (unpaired) electrons. The van der Waals surface area contributed by atoms with Crippen LogP contribution in [0.5, 0.6) is 0 Å². The van der Waals surface area contributed by atoms with Crippen LogP contribution < -0.4 is 5.32 Å². The van der Waals surface area contributed by atoms with E-state index in [2.05, 4.69) is 5.32 Å². The van der Waals surface area contributed by atoms with Gasteiger partial charge in [-0.2, -0.15) is 0 Å². The summed E-state index contributed by atoms with van der Waals surface area (Å²) in [6.45, 7) is 7.48. The zero-order valence-corrected chi connectivity index (χ0v) is 13.8. The Morgan fingerprint density at radius 1 is 1.23 bits per heavy atom. The van der Waals surface area contributed by atoms with Crippen LogP contribution in [0.4, 0.5) is 4.79 Å². The summed E-state index contributed by atoms with van der Waals surface area (Å²) in [4.78, 5) is 27.8. The molecular formula is C16H29N3O3. The molecular weight excluding hydrogens is 282 g/mol. The average Bonchev–Trinajstić information content (AvgIpc) is 2.67. The molecule has 0 aromatic carbocycles. The second-order valence-corrected chi connectivity index (χ2v) is 6.44. The number of carbonyl (C=O) groups is 2. The van der Waals surface area contributed by atoms with Gasteiger partial charge in [-0.15, -0.1) is 0 Å². The number of urea groups is 1. The summed E-state index contributed by atoms with van der Waals surface area (Å²) in [6.07, 6.45) is 4.92. The van der Waals surface area contributed by atoms with Crippen LogP contribution in [0.3, 0.4) is 0 Å². The van der Waals surface area contributed by atoms with Crippen LogP contribution in [0, 0.1) is 0 Å². The van der Waals surface area contributed by atoms with Crippen molar-refractivity contribution in [2.45, 2.75) is 58.2 Å². The maximum atomic E-state index is 12.1. The molecule has 0 aromatic heterocycles. The molecule has 3 amide bonds. The molecule has 2 rings (SSSR count). The van der Waals surface area contributed by atoms with Gasteiger partial charge in [0.15, 0.2) is 0 Å². The SMILES string of the molecule is CC1CN(C(=O)NCCCN2CCCCCC2=O)CC(C)O1. The number of morpholine rings is 1. The van der Waals surface area contributed by atoms with Crippen LogP contribution in [-0.2, 0) is 9.53 Å². The summed E-state index contributed by atoms with van der Waals surface area (Å²) in [5, 5.41) is 2.96. The Hall–Kier alpha value is -1.30. The fourth-order valence-electron chi connectivity index (χ4n) is 3.20. The van der Waals surface area contributed by atoms with Crippen LogP contribution in [0.2, 0.25) is 0 Å². The predicted octanol–water partition coefficient (Wildman–Crippen LogP) is 1.60. The van der Waals surface area contributed by atoms with Gasteiger partial charge in [-0.1, -0.05) is 6.42 Å². The highest BCUT2D eigenvalue weighted by Crippen LogP contribution is 2.12. The van der Waals surface area contributed by atoms with Gasteiger partial charge in [-0.05, 0) is 33.1 Å².